The van der Waals surface area contributed by atoms with Crippen LogP contribution in [-0.2, 0) is 16.0 Å². The van der Waals surface area contributed by atoms with E-state index in [1.165, 1.54) is 11.3 Å². The van der Waals surface area contributed by atoms with Gasteiger partial charge in [-0.3, -0.25) is 4.79 Å². The number of ether oxygens (including phenoxy) is 1. The molecule has 19 heavy (non-hydrogen) atoms. The van der Waals surface area contributed by atoms with Gasteiger partial charge in [0.05, 0.1) is 11.6 Å². The lowest BCUT2D eigenvalue weighted by Gasteiger charge is -1.99. The molecule has 0 saturated heterocycles. The van der Waals surface area contributed by atoms with Crippen molar-refractivity contribution in [2.45, 2.75) is 33.1 Å². The molecule has 0 saturated carbocycles. The number of fused-ring (bicyclic) bond motifs is 1. The monoisotopic (exact) mass is 299 g/mol. The van der Waals surface area contributed by atoms with Gasteiger partial charge in [0, 0.05) is 6.42 Å². The van der Waals surface area contributed by atoms with Gasteiger partial charge in [-0.2, -0.15) is 0 Å². The van der Waals surface area contributed by atoms with Crippen LogP contribution in [-0.4, -0.2) is 27.5 Å². The third-order valence-electron chi connectivity index (χ3n) is 2.45. The summed E-state index contributed by atoms with van der Waals surface area (Å²) in [6, 6.07) is 0. The summed E-state index contributed by atoms with van der Waals surface area (Å²) >= 11 is 7.51. The van der Waals surface area contributed by atoms with E-state index >= 15 is 0 Å². The highest BCUT2D eigenvalue weighted by atomic mass is 35.5. The summed E-state index contributed by atoms with van der Waals surface area (Å²) in [6.45, 7) is 4.02. The minimum atomic E-state index is -0.169. The van der Waals surface area contributed by atoms with Crippen molar-refractivity contribution in [3.8, 4) is 0 Å². The Morgan fingerprint density at radius 1 is 1.37 bits per heavy atom. The van der Waals surface area contributed by atoms with Crippen LogP contribution < -0.4 is 0 Å². The molecule has 5 nitrogen and oxygen atoms in total. The number of thiazole rings is 1. The maximum Gasteiger partial charge on any atom is 0.305 e. The molecule has 0 aliphatic carbocycles. The van der Waals surface area contributed by atoms with Gasteiger partial charge in [-0.15, -0.1) is 0 Å². The summed E-state index contributed by atoms with van der Waals surface area (Å²) in [7, 11) is 0. The Bertz CT molecular complexity index is 600. The Morgan fingerprint density at radius 2 is 2.16 bits per heavy atom. The van der Waals surface area contributed by atoms with Gasteiger partial charge in [0.15, 0.2) is 5.15 Å². The van der Waals surface area contributed by atoms with Crippen LogP contribution in [0.5, 0.6) is 0 Å². The van der Waals surface area contributed by atoms with E-state index in [1.54, 1.807) is 13.8 Å². The number of carbonyl (C=O) groups is 1. The minimum Gasteiger partial charge on any atom is -0.466 e. The maximum absolute atomic E-state index is 11.2. The summed E-state index contributed by atoms with van der Waals surface area (Å²) in [5, 5.41) is 1.30. The number of esters is 1. The first-order valence-corrected chi connectivity index (χ1v) is 7.24. The van der Waals surface area contributed by atoms with Gasteiger partial charge in [-0.1, -0.05) is 22.9 Å². The zero-order valence-electron chi connectivity index (χ0n) is 10.8. The van der Waals surface area contributed by atoms with E-state index in [4.69, 9.17) is 16.3 Å². The molecule has 0 bridgehead atoms. The molecule has 2 heterocycles. The number of rotatable bonds is 5. The van der Waals surface area contributed by atoms with Crippen molar-refractivity contribution >= 4 is 39.3 Å². The molecule has 2 rings (SSSR count). The molecule has 2 aromatic rings. The molecule has 0 unspecified atom stereocenters. The van der Waals surface area contributed by atoms with Crippen molar-refractivity contribution in [2.24, 2.45) is 0 Å². The number of aromatic nitrogens is 3. The number of hydrogen-bond donors (Lipinski definition) is 0. The molecule has 0 amide bonds. The van der Waals surface area contributed by atoms with E-state index in [2.05, 4.69) is 15.0 Å². The number of nitrogens with zero attached hydrogens (tertiary/aromatic N) is 3. The molecule has 0 N–H and O–H groups in total. The highest BCUT2D eigenvalue weighted by Crippen LogP contribution is 2.26. The van der Waals surface area contributed by atoms with Gasteiger partial charge < -0.3 is 4.74 Å². The van der Waals surface area contributed by atoms with Crippen LogP contribution in [0.1, 0.15) is 30.6 Å². The molecule has 0 spiro atoms. The first-order valence-electron chi connectivity index (χ1n) is 6.05. The highest BCUT2D eigenvalue weighted by molar-refractivity contribution is 7.18. The molecule has 0 fully saturated rings. The fourth-order valence-corrected chi connectivity index (χ4v) is 2.99. The summed E-state index contributed by atoms with van der Waals surface area (Å²) < 4.78 is 4.87. The van der Waals surface area contributed by atoms with E-state index in [0.717, 1.165) is 16.3 Å². The van der Waals surface area contributed by atoms with Crippen LogP contribution in [0.15, 0.2) is 0 Å². The molecule has 0 aliphatic rings. The molecule has 0 aliphatic heterocycles. The summed E-state index contributed by atoms with van der Waals surface area (Å²) in [6.07, 6.45) is 1.83. The Labute approximate surface area is 120 Å². The molecule has 7 heteroatoms. The topological polar surface area (TPSA) is 65.0 Å². The first-order chi connectivity index (χ1) is 9.10. The molecule has 102 valence electrons. The van der Waals surface area contributed by atoms with Crippen molar-refractivity contribution < 1.29 is 9.53 Å². The summed E-state index contributed by atoms with van der Waals surface area (Å²) in [5.41, 5.74) is 0.642. The molecular formula is C12H14ClN3O2S. The number of hydrogen-bond acceptors (Lipinski definition) is 6. The van der Waals surface area contributed by atoms with Gasteiger partial charge in [0.2, 0.25) is 0 Å². The van der Waals surface area contributed by atoms with E-state index in [9.17, 15) is 4.79 Å². The number of carbonyl (C=O) groups excluding carboxylic acids is 1. The minimum absolute atomic E-state index is 0.169. The van der Waals surface area contributed by atoms with Crippen molar-refractivity contribution in [2.75, 3.05) is 6.61 Å². The van der Waals surface area contributed by atoms with Crippen LogP contribution in [0, 0.1) is 6.92 Å². The van der Waals surface area contributed by atoms with E-state index in [1.807, 2.05) is 0 Å². The zero-order valence-corrected chi connectivity index (χ0v) is 12.3. The van der Waals surface area contributed by atoms with Crippen molar-refractivity contribution in [1.82, 2.24) is 15.0 Å². The van der Waals surface area contributed by atoms with Gasteiger partial charge >= 0.3 is 5.97 Å². The Kier molecular flexibility index (Phi) is 4.66. The Hall–Kier alpha value is -1.27. The van der Waals surface area contributed by atoms with Gasteiger partial charge in [0.1, 0.15) is 16.2 Å². The second-order valence-corrected chi connectivity index (χ2v) is 5.40. The molecular weight excluding hydrogens is 286 g/mol. The molecule has 0 radical (unpaired) electrons. The average Bonchev–Trinajstić information content (AvgIpc) is 2.72. The maximum atomic E-state index is 11.2. The summed E-state index contributed by atoms with van der Waals surface area (Å²) in [5.74, 6) is 0.469. The lowest BCUT2D eigenvalue weighted by atomic mass is 10.2. The smallest absolute Gasteiger partial charge is 0.305 e. The van der Waals surface area contributed by atoms with Gasteiger partial charge in [-0.25, -0.2) is 15.0 Å². The first kappa shape index (κ1) is 14.1. The third kappa shape index (κ3) is 3.61. The quantitative estimate of drug-likeness (QED) is 0.627. The fraction of sp³-hybridized carbons (Fsp3) is 0.500. The van der Waals surface area contributed by atoms with E-state index < -0.39 is 0 Å². The zero-order chi connectivity index (χ0) is 13.8. The van der Waals surface area contributed by atoms with Crippen molar-refractivity contribution in [3.63, 3.8) is 0 Å². The van der Waals surface area contributed by atoms with Crippen LogP contribution in [0.3, 0.4) is 0 Å². The predicted molar refractivity (Wildman–Crippen MR) is 74.5 cm³/mol. The lowest BCUT2D eigenvalue weighted by molar-refractivity contribution is -0.143. The molecule has 2 aromatic heterocycles. The largest absolute Gasteiger partial charge is 0.466 e. The molecule has 0 aromatic carbocycles. The van der Waals surface area contributed by atoms with Crippen LogP contribution >= 0.6 is 22.9 Å². The lowest BCUT2D eigenvalue weighted by Crippen LogP contribution is -2.03. The molecule has 0 atom stereocenters. The van der Waals surface area contributed by atoms with Crippen molar-refractivity contribution in [1.29, 1.82) is 0 Å². The predicted octanol–water partition coefficient (Wildman–Crippen LogP) is 2.93. The van der Waals surface area contributed by atoms with Crippen LogP contribution in [0.2, 0.25) is 5.15 Å². The van der Waals surface area contributed by atoms with E-state index in [0.29, 0.717) is 35.9 Å². The van der Waals surface area contributed by atoms with Gasteiger partial charge in [-0.05, 0) is 26.7 Å². The second-order valence-electron chi connectivity index (χ2n) is 3.98. The summed E-state index contributed by atoms with van der Waals surface area (Å²) in [4.78, 5) is 24.8. The average molecular weight is 300 g/mol. The normalized spacial score (nSPS) is 10.9. The number of halogens is 1. The van der Waals surface area contributed by atoms with Crippen LogP contribution in [0.4, 0.5) is 0 Å². The van der Waals surface area contributed by atoms with Gasteiger partial charge in [0.25, 0.3) is 0 Å². The number of aryl methyl sites for hydroxylation is 2. The Balaban J connectivity index is 2.02. The highest BCUT2D eigenvalue weighted by Gasteiger charge is 2.11. The SMILES string of the molecule is CCOC(=O)CCCc1nc2c(Cl)nc(C)nc2s1. The fourth-order valence-electron chi connectivity index (χ4n) is 1.66. The standard InChI is InChI=1S/C12H14ClN3O2S/c1-3-18-9(17)6-4-5-8-16-10-11(13)14-7(2)15-12(10)19-8/h3-6H2,1-2H3. The Morgan fingerprint density at radius 3 is 2.89 bits per heavy atom. The van der Waals surface area contributed by atoms with Crippen molar-refractivity contribution in [3.05, 3.63) is 16.0 Å². The van der Waals surface area contributed by atoms with E-state index in [-0.39, 0.29) is 5.97 Å². The third-order valence-corrected chi connectivity index (χ3v) is 3.72. The van der Waals surface area contributed by atoms with Crippen LogP contribution in [0.25, 0.3) is 10.3 Å². The second kappa shape index (κ2) is 6.25.